The molecule has 1 rings (SSSR count). The van der Waals surface area contributed by atoms with Gasteiger partial charge in [0.05, 0.1) is 13.2 Å². The lowest BCUT2D eigenvalue weighted by Gasteiger charge is -2.22. The van der Waals surface area contributed by atoms with E-state index in [4.69, 9.17) is 14.2 Å². The van der Waals surface area contributed by atoms with E-state index in [9.17, 15) is 0 Å². The summed E-state index contributed by atoms with van der Waals surface area (Å²) in [6.07, 6.45) is 3.98. The van der Waals surface area contributed by atoms with Crippen molar-refractivity contribution in [3.8, 4) is 0 Å². The maximum Gasteiger partial charge on any atom is 0.271 e. The number of allylic oxidation sites excluding steroid dienone is 2. The number of ether oxygens (including phenoxy) is 3. The van der Waals surface area contributed by atoms with Crippen molar-refractivity contribution in [2.24, 2.45) is 0 Å². The first kappa shape index (κ1) is 12.2. The van der Waals surface area contributed by atoms with Crippen molar-refractivity contribution in [2.75, 3.05) is 20.3 Å². The van der Waals surface area contributed by atoms with Crippen molar-refractivity contribution >= 4 is 0 Å². The second-order valence-corrected chi connectivity index (χ2v) is 3.49. The molecule has 0 aromatic rings. The fraction of sp³-hybridized carbons (Fsp3) is 0.636. The Labute approximate surface area is 91.1 Å². The van der Waals surface area contributed by atoms with Crippen LogP contribution < -0.4 is 0 Å². The molecule has 2 atom stereocenters. The molecule has 0 aliphatic carbocycles. The van der Waals surface area contributed by atoms with Gasteiger partial charge in [-0.05, 0) is 20.0 Å². The molecule has 1 fully saturated rings. The van der Waals surface area contributed by atoms with Crippen LogP contribution in [0.5, 0.6) is 0 Å². The highest BCUT2D eigenvalue weighted by Gasteiger charge is 2.26. The molecule has 1 unspecified atom stereocenters. The Kier molecular flexibility index (Phi) is 4.81. The summed E-state index contributed by atoms with van der Waals surface area (Å²) in [6.45, 7) is 8.61. The van der Waals surface area contributed by atoms with Crippen LogP contribution in [-0.4, -0.2) is 37.7 Å². The zero-order valence-electron chi connectivity index (χ0n) is 9.60. The second kappa shape index (κ2) is 5.90. The summed E-state index contributed by atoms with van der Waals surface area (Å²) in [7, 11) is 1.56. The highest BCUT2D eigenvalue weighted by Crippen LogP contribution is 2.15. The molecule has 0 amide bonds. The summed E-state index contributed by atoms with van der Waals surface area (Å²) < 4.78 is 15.7. The van der Waals surface area contributed by atoms with Gasteiger partial charge in [-0.3, -0.25) is 0 Å². The Morgan fingerprint density at radius 2 is 2.40 bits per heavy atom. The standard InChI is InChI=1S/C11H19NO3/c1-5-6-12(9(2)3)7-10-8-14-11(13-4)15-10/h5-6,10-11H,2,7-8H2,1,3-4H3/b6-5-/t10?,11-/m1/s1. The van der Waals surface area contributed by atoms with Gasteiger partial charge in [-0.2, -0.15) is 0 Å². The minimum atomic E-state index is -0.521. The molecule has 1 aliphatic heterocycles. The average Bonchev–Trinajstić information content (AvgIpc) is 2.65. The molecule has 0 aromatic carbocycles. The first-order valence-electron chi connectivity index (χ1n) is 5.02. The first-order valence-corrected chi connectivity index (χ1v) is 5.02. The molecule has 0 N–H and O–H groups in total. The summed E-state index contributed by atoms with van der Waals surface area (Å²) in [4.78, 5) is 2.03. The van der Waals surface area contributed by atoms with E-state index >= 15 is 0 Å². The van der Waals surface area contributed by atoms with E-state index in [1.807, 2.05) is 31.0 Å². The average molecular weight is 213 g/mol. The first-order chi connectivity index (χ1) is 7.17. The third-order valence-electron chi connectivity index (χ3n) is 2.13. The van der Waals surface area contributed by atoms with Crippen LogP contribution in [0.4, 0.5) is 0 Å². The monoisotopic (exact) mass is 213 g/mol. The lowest BCUT2D eigenvalue weighted by atomic mass is 10.3. The van der Waals surface area contributed by atoms with Crippen LogP contribution in [0.2, 0.25) is 0 Å². The predicted octanol–water partition coefficient (Wildman–Crippen LogP) is 1.70. The lowest BCUT2D eigenvalue weighted by molar-refractivity contribution is -0.223. The summed E-state index contributed by atoms with van der Waals surface area (Å²) in [5.74, 6) is 0. The van der Waals surface area contributed by atoms with E-state index in [1.165, 1.54) is 0 Å². The Balaban J connectivity index is 2.42. The Bertz CT molecular complexity index is 240. The van der Waals surface area contributed by atoms with Crippen molar-refractivity contribution in [3.63, 3.8) is 0 Å². The van der Waals surface area contributed by atoms with Crippen molar-refractivity contribution in [1.29, 1.82) is 0 Å². The predicted molar refractivity (Wildman–Crippen MR) is 58.0 cm³/mol. The molecule has 15 heavy (non-hydrogen) atoms. The molecule has 86 valence electrons. The van der Waals surface area contributed by atoms with E-state index in [1.54, 1.807) is 7.11 Å². The molecule has 0 bridgehead atoms. The zero-order valence-corrected chi connectivity index (χ0v) is 9.60. The van der Waals surface area contributed by atoms with Gasteiger partial charge in [0.1, 0.15) is 6.10 Å². The molecule has 0 saturated carbocycles. The number of hydrogen-bond donors (Lipinski definition) is 0. The molecular formula is C11H19NO3. The van der Waals surface area contributed by atoms with Gasteiger partial charge >= 0.3 is 0 Å². The maximum absolute atomic E-state index is 5.48. The van der Waals surface area contributed by atoms with Crippen LogP contribution in [-0.2, 0) is 14.2 Å². The molecule has 4 nitrogen and oxygen atoms in total. The Morgan fingerprint density at radius 3 is 2.87 bits per heavy atom. The van der Waals surface area contributed by atoms with Gasteiger partial charge in [-0.1, -0.05) is 12.7 Å². The maximum atomic E-state index is 5.48. The summed E-state index contributed by atoms with van der Waals surface area (Å²) in [5.41, 5.74) is 0.984. The van der Waals surface area contributed by atoms with Gasteiger partial charge in [0.25, 0.3) is 6.48 Å². The van der Waals surface area contributed by atoms with Gasteiger partial charge in [0.15, 0.2) is 0 Å². The number of rotatable bonds is 5. The smallest absolute Gasteiger partial charge is 0.271 e. The number of nitrogens with zero attached hydrogens (tertiary/aromatic N) is 1. The molecular weight excluding hydrogens is 194 g/mol. The highest BCUT2D eigenvalue weighted by atomic mass is 16.9. The van der Waals surface area contributed by atoms with E-state index in [2.05, 4.69) is 6.58 Å². The van der Waals surface area contributed by atoms with Crippen LogP contribution >= 0.6 is 0 Å². The molecule has 0 spiro atoms. The second-order valence-electron chi connectivity index (χ2n) is 3.49. The van der Waals surface area contributed by atoms with Gasteiger partial charge in [0.2, 0.25) is 0 Å². The Hall–Kier alpha value is -0.840. The third kappa shape index (κ3) is 3.66. The lowest BCUT2D eigenvalue weighted by Crippen LogP contribution is -2.29. The van der Waals surface area contributed by atoms with Crippen molar-refractivity contribution < 1.29 is 14.2 Å². The van der Waals surface area contributed by atoms with Crippen LogP contribution in [0.25, 0.3) is 0 Å². The van der Waals surface area contributed by atoms with Crippen LogP contribution in [0.1, 0.15) is 13.8 Å². The molecule has 1 heterocycles. The van der Waals surface area contributed by atoms with Gasteiger partial charge in [-0.25, -0.2) is 0 Å². The molecule has 1 aliphatic rings. The van der Waals surface area contributed by atoms with Crippen LogP contribution in [0.3, 0.4) is 0 Å². The van der Waals surface area contributed by atoms with E-state index < -0.39 is 6.48 Å². The normalized spacial score (nSPS) is 26.1. The van der Waals surface area contributed by atoms with Crippen LogP contribution in [0.15, 0.2) is 24.6 Å². The van der Waals surface area contributed by atoms with Gasteiger partial charge in [0, 0.05) is 12.8 Å². The topological polar surface area (TPSA) is 30.9 Å². The quantitative estimate of drug-likeness (QED) is 0.695. The number of methoxy groups -OCH3 is 1. The van der Waals surface area contributed by atoms with Gasteiger partial charge < -0.3 is 19.1 Å². The van der Waals surface area contributed by atoms with Crippen LogP contribution in [0, 0.1) is 0 Å². The molecule has 0 aromatic heterocycles. The molecule has 0 radical (unpaired) electrons. The van der Waals surface area contributed by atoms with Crippen molar-refractivity contribution in [3.05, 3.63) is 24.6 Å². The van der Waals surface area contributed by atoms with Gasteiger partial charge in [-0.15, -0.1) is 0 Å². The third-order valence-corrected chi connectivity index (χ3v) is 2.13. The minimum Gasteiger partial charge on any atom is -0.350 e. The summed E-state index contributed by atoms with van der Waals surface area (Å²) in [6, 6.07) is 0. The largest absolute Gasteiger partial charge is 0.350 e. The SMILES string of the molecule is C=C(C)N(/C=C\C)CC1CO[C@@H](OC)O1. The Morgan fingerprint density at radius 1 is 1.67 bits per heavy atom. The summed E-state index contributed by atoms with van der Waals surface area (Å²) >= 11 is 0. The summed E-state index contributed by atoms with van der Waals surface area (Å²) in [5, 5.41) is 0. The molecule has 1 saturated heterocycles. The van der Waals surface area contributed by atoms with Crippen molar-refractivity contribution in [2.45, 2.75) is 26.4 Å². The van der Waals surface area contributed by atoms with E-state index in [-0.39, 0.29) is 6.10 Å². The molecule has 4 heteroatoms. The fourth-order valence-electron chi connectivity index (χ4n) is 1.38. The minimum absolute atomic E-state index is 0.0304. The highest BCUT2D eigenvalue weighted by molar-refractivity contribution is 4.97. The van der Waals surface area contributed by atoms with E-state index in [0.29, 0.717) is 6.61 Å². The number of hydrogen-bond acceptors (Lipinski definition) is 4. The van der Waals surface area contributed by atoms with Crippen molar-refractivity contribution in [1.82, 2.24) is 4.90 Å². The van der Waals surface area contributed by atoms with E-state index in [0.717, 1.165) is 12.2 Å². The zero-order chi connectivity index (χ0) is 11.3. The fourth-order valence-corrected chi connectivity index (χ4v) is 1.38.